The second-order valence-corrected chi connectivity index (χ2v) is 5.49. The predicted octanol–water partition coefficient (Wildman–Crippen LogP) is 2.99. The zero-order valence-electron chi connectivity index (χ0n) is 11.1. The van der Waals surface area contributed by atoms with Gasteiger partial charge in [0.05, 0.1) is 0 Å². The topological polar surface area (TPSA) is 40.5 Å². The summed E-state index contributed by atoms with van der Waals surface area (Å²) in [6.45, 7) is 6.63. The fourth-order valence-corrected chi connectivity index (χ4v) is 2.03. The highest BCUT2D eigenvalue weighted by Gasteiger charge is 2.18. The minimum Gasteiger partial charge on any atom is -0.396 e. The molecule has 0 atom stereocenters. The number of hydrogen-bond donors (Lipinski definition) is 1. The summed E-state index contributed by atoms with van der Waals surface area (Å²) in [5, 5.41) is 8.89. The van der Waals surface area contributed by atoms with Gasteiger partial charge in [0.2, 0.25) is 0 Å². The van der Waals surface area contributed by atoms with Gasteiger partial charge in [0.15, 0.2) is 0 Å². The van der Waals surface area contributed by atoms with Crippen molar-refractivity contribution in [1.29, 1.82) is 0 Å². The van der Waals surface area contributed by atoms with E-state index in [-0.39, 0.29) is 18.6 Å². The molecule has 0 heterocycles. The van der Waals surface area contributed by atoms with E-state index in [9.17, 15) is 4.79 Å². The number of nitrogens with zero attached hydrogens (tertiary/aromatic N) is 1. The number of hydrogen-bond acceptors (Lipinski definition) is 2. The lowest BCUT2D eigenvalue weighted by Gasteiger charge is -2.26. The lowest BCUT2D eigenvalue weighted by molar-refractivity contribution is 0.0693. The maximum absolute atomic E-state index is 12.4. The van der Waals surface area contributed by atoms with E-state index in [4.69, 9.17) is 5.11 Å². The van der Waals surface area contributed by atoms with Crippen LogP contribution in [0, 0.1) is 6.92 Å². The Bertz CT molecular complexity index is 418. The zero-order chi connectivity index (χ0) is 13.7. The van der Waals surface area contributed by atoms with Crippen molar-refractivity contribution in [1.82, 2.24) is 4.90 Å². The Morgan fingerprint density at radius 1 is 1.44 bits per heavy atom. The number of aliphatic hydroxyl groups excluding tert-OH is 1. The molecular weight excluding hydrogens is 294 g/mol. The van der Waals surface area contributed by atoms with Gasteiger partial charge in [-0.25, -0.2) is 0 Å². The number of aryl methyl sites for hydroxylation is 1. The molecule has 0 bridgehead atoms. The smallest absolute Gasteiger partial charge is 0.254 e. The average molecular weight is 314 g/mol. The molecule has 0 spiro atoms. The van der Waals surface area contributed by atoms with Gasteiger partial charge in [0.1, 0.15) is 0 Å². The highest BCUT2D eigenvalue weighted by molar-refractivity contribution is 9.10. The number of amides is 1. The molecule has 3 nitrogen and oxygen atoms in total. The Morgan fingerprint density at radius 2 is 2.11 bits per heavy atom. The van der Waals surface area contributed by atoms with Crippen molar-refractivity contribution < 1.29 is 9.90 Å². The molecule has 4 heteroatoms. The first-order valence-corrected chi connectivity index (χ1v) is 6.94. The van der Waals surface area contributed by atoms with Crippen molar-refractivity contribution in [3.05, 3.63) is 33.8 Å². The molecule has 0 aliphatic heterocycles. The van der Waals surface area contributed by atoms with E-state index in [0.717, 1.165) is 10.0 Å². The fraction of sp³-hybridized carbons (Fsp3) is 0.500. The molecule has 1 aromatic rings. The second-order valence-electron chi connectivity index (χ2n) is 4.63. The molecule has 0 radical (unpaired) electrons. The molecule has 18 heavy (non-hydrogen) atoms. The molecule has 0 aliphatic carbocycles. The number of benzene rings is 1. The summed E-state index contributed by atoms with van der Waals surface area (Å²) < 4.78 is 1.01. The Hall–Kier alpha value is -0.870. The molecule has 1 rings (SSSR count). The predicted molar refractivity (Wildman–Crippen MR) is 76.8 cm³/mol. The van der Waals surface area contributed by atoms with Crippen LogP contribution in [0.5, 0.6) is 0 Å². The maximum Gasteiger partial charge on any atom is 0.254 e. The lowest BCUT2D eigenvalue weighted by atomic mass is 10.1. The third-order valence-corrected chi connectivity index (χ3v) is 3.74. The van der Waals surface area contributed by atoms with E-state index in [1.807, 2.05) is 39.0 Å². The van der Waals surface area contributed by atoms with Crippen molar-refractivity contribution in [2.75, 3.05) is 13.2 Å². The number of carbonyl (C=O) groups excluding carboxylic acids is 1. The van der Waals surface area contributed by atoms with Crippen molar-refractivity contribution in [2.45, 2.75) is 33.2 Å². The van der Waals surface area contributed by atoms with E-state index in [1.54, 1.807) is 4.90 Å². The average Bonchev–Trinajstić information content (AvgIpc) is 2.32. The molecule has 1 N–H and O–H groups in total. The molecule has 100 valence electrons. The van der Waals surface area contributed by atoms with Gasteiger partial charge in [-0.3, -0.25) is 4.79 Å². The summed E-state index contributed by atoms with van der Waals surface area (Å²) in [6.07, 6.45) is 0.611. The van der Waals surface area contributed by atoms with Crippen LogP contribution in [0.15, 0.2) is 22.7 Å². The van der Waals surface area contributed by atoms with Crippen LogP contribution in [-0.2, 0) is 0 Å². The third kappa shape index (κ3) is 3.82. The number of carbonyl (C=O) groups is 1. The Labute approximate surface area is 117 Å². The van der Waals surface area contributed by atoms with Crippen molar-refractivity contribution >= 4 is 21.8 Å². The lowest BCUT2D eigenvalue weighted by Crippen LogP contribution is -2.38. The minimum absolute atomic E-state index is 0.0223. The molecule has 0 saturated carbocycles. The SMILES string of the molecule is Cc1cc(C(=O)N(CCCO)C(C)C)ccc1Br. The Morgan fingerprint density at radius 3 is 2.61 bits per heavy atom. The van der Waals surface area contributed by atoms with Crippen LogP contribution in [0.2, 0.25) is 0 Å². The normalized spacial score (nSPS) is 10.8. The summed E-state index contributed by atoms with van der Waals surface area (Å²) in [4.78, 5) is 14.2. The van der Waals surface area contributed by atoms with E-state index >= 15 is 0 Å². The largest absolute Gasteiger partial charge is 0.396 e. The summed E-state index contributed by atoms with van der Waals surface area (Å²) in [5.74, 6) is 0.0223. The van der Waals surface area contributed by atoms with Crippen molar-refractivity contribution in [3.8, 4) is 0 Å². The minimum atomic E-state index is 0.0223. The Kier molecular flexibility index (Phi) is 5.82. The van der Waals surface area contributed by atoms with Gasteiger partial charge in [0, 0.05) is 29.2 Å². The molecular formula is C14H20BrNO2. The van der Waals surface area contributed by atoms with Gasteiger partial charge in [-0.2, -0.15) is 0 Å². The van der Waals surface area contributed by atoms with Gasteiger partial charge in [-0.05, 0) is 51.0 Å². The quantitative estimate of drug-likeness (QED) is 0.908. The zero-order valence-corrected chi connectivity index (χ0v) is 12.7. The summed E-state index contributed by atoms with van der Waals surface area (Å²) in [7, 11) is 0. The first-order valence-electron chi connectivity index (χ1n) is 6.15. The van der Waals surface area contributed by atoms with E-state index < -0.39 is 0 Å². The van der Waals surface area contributed by atoms with Crippen LogP contribution in [-0.4, -0.2) is 35.1 Å². The van der Waals surface area contributed by atoms with Gasteiger partial charge < -0.3 is 10.0 Å². The van der Waals surface area contributed by atoms with E-state index in [0.29, 0.717) is 18.5 Å². The number of aliphatic hydroxyl groups is 1. The van der Waals surface area contributed by atoms with E-state index in [2.05, 4.69) is 15.9 Å². The maximum atomic E-state index is 12.4. The monoisotopic (exact) mass is 313 g/mol. The van der Waals surface area contributed by atoms with E-state index in [1.165, 1.54) is 0 Å². The van der Waals surface area contributed by atoms with Crippen LogP contribution in [0.4, 0.5) is 0 Å². The first kappa shape index (κ1) is 15.2. The van der Waals surface area contributed by atoms with Gasteiger partial charge in [0.25, 0.3) is 5.91 Å². The summed E-state index contributed by atoms with van der Waals surface area (Å²) >= 11 is 3.43. The highest BCUT2D eigenvalue weighted by atomic mass is 79.9. The molecule has 0 aliphatic rings. The van der Waals surface area contributed by atoms with Crippen LogP contribution < -0.4 is 0 Å². The van der Waals surface area contributed by atoms with Crippen LogP contribution in [0.1, 0.15) is 36.2 Å². The van der Waals surface area contributed by atoms with Crippen LogP contribution >= 0.6 is 15.9 Å². The standard InChI is InChI=1S/C14H20BrNO2/c1-10(2)16(7-4-8-17)14(18)12-5-6-13(15)11(3)9-12/h5-6,9-10,17H,4,7-8H2,1-3H3. The molecule has 0 aromatic heterocycles. The number of halogens is 1. The fourth-order valence-electron chi connectivity index (χ4n) is 1.78. The molecule has 0 fully saturated rings. The highest BCUT2D eigenvalue weighted by Crippen LogP contribution is 2.19. The molecule has 0 saturated heterocycles. The number of rotatable bonds is 5. The van der Waals surface area contributed by atoms with Crippen molar-refractivity contribution in [2.24, 2.45) is 0 Å². The second kappa shape index (κ2) is 6.90. The molecule has 1 amide bonds. The van der Waals surface area contributed by atoms with Crippen LogP contribution in [0.3, 0.4) is 0 Å². The van der Waals surface area contributed by atoms with Crippen LogP contribution in [0.25, 0.3) is 0 Å². The third-order valence-electron chi connectivity index (χ3n) is 2.85. The van der Waals surface area contributed by atoms with Gasteiger partial charge in [-0.15, -0.1) is 0 Å². The molecule has 1 aromatic carbocycles. The first-order chi connectivity index (χ1) is 8.47. The summed E-state index contributed by atoms with van der Waals surface area (Å²) in [6, 6.07) is 5.75. The van der Waals surface area contributed by atoms with Gasteiger partial charge >= 0.3 is 0 Å². The molecule has 0 unspecified atom stereocenters. The van der Waals surface area contributed by atoms with Crippen molar-refractivity contribution in [3.63, 3.8) is 0 Å². The summed E-state index contributed by atoms with van der Waals surface area (Å²) in [5.41, 5.74) is 1.74. The Balaban J connectivity index is 2.91. The van der Waals surface area contributed by atoms with Gasteiger partial charge in [-0.1, -0.05) is 15.9 Å².